The number of nitrogens with one attached hydrogen (secondary N) is 1. The second-order valence-electron chi connectivity index (χ2n) is 2.85. The fourth-order valence-corrected chi connectivity index (χ4v) is 0.928. The third kappa shape index (κ3) is 2.58. The van der Waals surface area contributed by atoms with Crippen LogP contribution in [0.2, 0.25) is 0 Å². The Balaban J connectivity index is 2.65. The predicted molar refractivity (Wildman–Crippen MR) is 54.8 cm³/mol. The van der Waals surface area contributed by atoms with Crippen LogP contribution >= 0.6 is 0 Å². The van der Waals surface area contributed by atoms with Crippen LogP contribution in [-0.2, 0) is 9.59 Å². The van der Waals surface area contributed by atoms with Crippen LogP contribution in [0.3, 0.4) is 0 Å². The molecule has 1 rings (SSSR count). The fourth-order valence-electron chi connectivity index (χ4n) is 0.928. The van der Waals surface area contributed by atoms with Gasteiger partial charge in [0.1, 0.15) is 0 Å². The van der Waals surface area contributed by atoms with Gasteiger partial charge >= 0.3 is 0 Å². The largest absolute Gasteiger partial charge is 0.399 e. The maximum atomic E-state index is 11.1. The molecule has 0 radical (unpaired) electrons. The van der Waals surface area contributed by atoms with Gasteiger partial charge in [-0.25, -0.2) is 0 Å². The smallest absolute Gasteiger partial charge is 0.291 e. The number of ketones is 1. The first-order chi connectivity index (χ1) is 6.63. The Morgan fingerprint density at radius 2 is 1.86 bits per heavy atom. The van der Waals surface area contributed by atoms with Crippen molar-refractivity contribution < 1.29 is 9.59 Å². The molecule has 0 saturated carbocycles. The van der Waals surface area contributed by atoms with Gasteiger partial charge in [-0.3, -0.25) is 9.59 Å². The Kier molecular flexibility index (Phi) is 3.23. The molecule has 0 spiro atoms. The molecule has 1 amide bonds. The van der Waals surface area contributed by atoms with Gasteiger partial charge in [0.25, 0.3) is 5.91 Å². The molecular formula is C10H12N2O2. The van der Waals surface area contributed by atoms with Crippen molar-refractivity contribution >= 4 is 23.1 Å². The van der Waals surface area contributed by atoms with Crippen LogP contribution in [-0.4, -0.2) is 11.7 Å². The molecule has 3 N–H and O–H groups in total. The van der Waals surface area contributed by atoms with E-state index in [0.717, 1.165) is 0 Å². The molecule has 0 bridgehead atoms. The molecule has 0 heterocycles. The van der Waals surface area contributed by atoms with Crippen LogP contribution in [0.1, 0.15) is 13.3 Å². The van der Waals surface area contributed by atoms with Crippen molar-refractivity contribution in [2.45, 2.75) is 13.3 Å². The summed E-state index contributed by atoms with van der Waals surface area (Å²) in [6, 6.07) is 6.62. The zero-order chi connectivity index (χ0) is 10.6. The second-order valence-corrected chi connectivity index (χ2v) is 2.85. The lowest BCUT2D eigenvalue weighted by Crippen LogP contribution is -2.21. The van der Waals surface area contributed by atoms with E-state index in [-0.39, 0.29) is 6.42 Å². The van der Waals surface area contributed by atoms with Gasteiger partial charge < -0.3 is 11.1 Å². The average molecular weight is 192 g/mol. The third-order valence-corrected chi connectivity index (χ3v) is 1.74. The predicted octanol–water partition coefficient (Wildman–Crippen LogP) is 1.19. The monoisotopic (exact) mass is 192 g/mol. The molecule has 14 heavy (non-hydrogen) atoms. The SMILES string of the molecule is CCC(=O)C(=O)Nc1ccc(N)cc1. The molecule has 0 fully saturated rings. The highest BCUT2D eigenvalue weighted by molar-refractivity contribution is 6.40. The number of rotatable bonds is 3. The minimum absolute atomic E-state index is 0.209. The second kappa shape index (κ2) is 4.41. The van der Waals surface area contributed by atoms with E-state index in [4.69, 9.17) is 5.73 Å². The molecule has 0 aromatic heterocycles. The lowest BCUT2D eigenvalue weighted by atomic mass is 10.2. The molecule has 0 atom stereocenters. The molecule has 0 saturated heterocycles. The summed E-state index contributed by atoms with van der Waals surface area (Å²) in [5.41, 5.74) is 6.65. The van der Waals surface area contributed by atoms with Crippen molar-refractivity contribution in [2.24, 2.45) is 0 Å². The van der Waals surface area contributed by atoms with Crippen LogP contribution in [0, 0.1) is 0 Å². The Hall–Kier alpha value is -1.84. The first-order valence-electron chi connectivity index (χ1n) is 4.33. The highest BCUT2D eigenvalue weighted by Crippen LogP contribution is 2.10. The van der Waals surface area contributed by atoms with E-state index < -0.39 is 11.7 Å². The van der Waals surface area contributed by atoms with Crippen LogP contribution < -0.4 is 11.1 Å². The van der Waals surface area contributed by atoms with Gasteiger partial charge in [0.05, 0.1) is 0 Å². The zero-order valence-electron chi connectivity index (χ0n) is 7.91. The van der Waals surface area contributed by atoms with Gasteiger partial charge in [0.15, 0.2) is 0 Å². The van der Waals surface area contributed by atoms with Gasteiger partial charge in [-0.15, -0.1) is 0 Å². The highest BCUT2D eigenvalue weighted by Gasteiger charge is 2.10. The van der Waals surface area contributed by atoms with Crippen molar-refractivity contribution in [2.75, 3.05) is 11.1 Å². The van der Waals surface area contributed by atoms with Crippen LogP contribution in [0.5, 0.6) is 0 Å². The van der Waals surface area contributed by atoms with E-state index in [1.807, 2.05) is 0 Å². The average Bonchev–Trinajstić information content (AvgIpc) is 2.20. The molecule has 1 aromatic carbocycles. The lowest BCUT2D eigenvalue weighted by molar-refractivity contribution is -0.134. The summed E-state index contributed by atoms with van der Waals surface area (Å²) in [4.78, 5) is 22.1. The van der Waals surface area contributed by atoms with E-state index in [9.17, 15) is 9.59 Å². The van der Waals surface area contributed by atoms with E-state index in [2.05, 4.69) is 5.32 Å². The summed E-state index contributed by atoms with van der Waals surface area (Å²) in [7, 11) is 0. The summed E-state index contributed by atoms with van der Waals surface area (Å²) >= 11 is 0. The molecule has 0 aliphatic rings. The molecule has 0 aliphatic heterocycles. The van der Waals surface area contributed by atoms with Gasteiger partial charge in [-0.05, 0) is 24.3 Å². The maximum Gasteiger partial charge on any atom is 0.291 e. The normalized spacial score (nSPS) is 9.50. The lowest BCUT2D eigenvalue weighted by Gasteiger charge is -2.02. The standard InChI is InChI=1S/C10H12N2O2/c1-2-9(13)10(14)12-8-5-3-7(11)4-6-8/h3-6H,2,11H2,1H3,(H,12,14). The van der Waals surface area contributed by atoms with E-state index in [0.29, 0.717) is 11.4 Å². The first kappa shape index (κ1) is 10.2. The number of Topliss-reactive ketones (excluding diaryl/α,β-unsaturated/α-hetero) is 1. The van der Waals surface area contributed by atoms with Crippen molar-refractivity contribution in [1.29, 1.82) is 0 Å². The number of carbonyl (C=O) groups excluding carboxylic acids is 2. The Labute approximate surface area is 82.1 Å². The van der Waals surface area contributed by atoms with E-state index in [1.165, 1.54) is 0 Å². The number of amides is 1. The minimum Gasteiger partial charge on any atom is -0.399 e. The van der Waals surface area contributed by atoms with Crippen LogP contribution in [0.4, 0.5) is 11.4 Å². The number of hydrogen-bond acceptors (Lipinski definition) is 3. The minimum atomic E-state index is -0.586. The van der Waals surface area contributed by atoms with Crippen molar-refractivity contribution in [1.82, 2.24) is 0 Å². The number of benzene rings is 1. The summed E-state index contributed by atoms with van der Waals surface area (Å²) in [6.45, 7) is 1.64. The van der Waals surface area contributed by atoms with E-state index >= 15 is 0 Å². The molecular weight excluding hydrogens is 180 g/mol. The van der Waals surface area contributed by atoms with Crippen molar-refractivity contribution in [3.05, 3.63) is 24.3 Å². The molecule has 4 heteroatoms. The van der Waals surface area contributed by atoms with E-state index in [1.54, 1.807) is 31.2 Å². The molecule has 1 aromatic rings. The molecule has 4 nitrogen and oxygen atoms in total. The topological polar surface area (TPSA) is 72.2 Å². The maximum absolute atomic E-state index is 11.1. The fraction of sp³-hybridized carbons (Fsp3) is 0.200. The third-order valence-electron chi connectivity index (χ3n) is 1.74. The summed E-state index contributed by atoms with van der Waals surface area (Å²) < 4.78 is 0. The van der Waals surface area contributed by atoms with Crippen molar-refractivity contribution in [3.8, 4) is 0 Å². The summed E-state index contributed by atoms with van der Waals surface area (Å²) in [5, 5.41) is 2.48. The van der Waals surface area contributed by atoms with Gasteiger partial charge in [-0.2, -0.15) is 0 Å². The van der Waals surface area contributed by atoms with Crippen molar-refractivity contribution in [3.63, 3.8) is 0 Å². The number of carbonyl (C=O) groups is 2. The number of nitrogen functional groups attached to an aromatic ring is 1. The van der Waals surface area contributed by atoms with Crippen LogP contribution in [0.25, 0.3) is 0 Å². The number of hydrogen-bond donors (Lipinski definition) is 2. The quantitative estimate of drug-likeness (QED) is 0.558. The summed E-state index contributed by atoms with van der Waals surface area (Å²) in [6.07, 6.45) is 0.209. The number of anilines is 2. The van der Waals surface area contributed by atoms with Gasteiger partial charge in [0.2, 0.25) is 5.78 Å². The Morgan fingerprint density at radius 3 is 2.36 bits per heavy atom. The number of nitrogens with two attached hydrogens (primary N) is 1. The highest BCUT2D eigenvalue weighted by atomic mass is 16.2. The Morgan fingerprint density at radius 1 is 1.29 bits per heavy atom. The Bertz CT molecular complexity index is 344. The first-order valence-corrected chi connectivity index (χ1v) is 4.33. The molecule has 74 valence electrons. The zero-order valence-corrected chi connectivity index (χ0v) is 7.91. The molecule has 0 unspecified atom stereocenters. The molecule has 0 aliphatic carbocycles. The van der Waals surface area contributed by atoms with Crippen LogP contribution in [0.15, 0.2) is 24.3 Å². The summed E-state index contributed by atoms with van der Waals surface area (Å²) in [5.74, 6) is -1.01. The van der Waals surface area contributed by atoms with Gasteiger partial charge in [-0.1, -0.05) is 6.92 Å². The van der Waals surface area contributed by atoms with Gasteiger partial charge in [0, 0.05) is 17.8 Å².